The molecule has 0 N–H and O–H groups in total. The molecule has 0 aromatic heterocycles. The predicted octanol–water partition coefficient (Wildman–Crippen LogP) is 2.70. The highest BCUT2D eigenvalue weighted by Gasteiger charge is 2.33. The molecule has 19 heavy (non-hydrogen) atoms. The van der Waals surface area contributed by atoms with Crippen LogP contribution in [0.5, 0.6) is 11.5 Å². The fraction of sp³-hybridized carbons (Fsp3) is 0.417. The Bertz CT molecular complexity index is 443. The summed E-state index contributed by atoms with van der Waals surface area (Å²) in [4.78, 5) is 11.2. The highest BCUT2D eigenvalue weighted by Crippen LogP contribution is 2.33. The number of hydrogen-bond donors (Lipinski definition) is 0. The Labute approximate surface area is 108 Å². The molecule has 0 radical (unpaired) electrons. The average molecular weight is 278 g/mol. The van der Waals surface area contributed by atoms with Gasteiger partial charge in [0.15, 0.2) is 0 Å². The van der Waals surface area contributed by atoms with Crippen molar-refractivity contribution in [2.75, 3.05) is 13.7 Å². The highest BCUT2D eigenvalue weighted by atomic mass is 19.4. The van der Waals surface area contributed by atoms with Crippen LogP contribution >= 0.6 is 0 Å². The molecule has 1 aromatic carbocycles. The Kier molecular flexibility index (Phi) is 5.02. The van der Waals surface area contributed by atoms with E-state index < -0.39 is 18.1 Å². The van der Waals surface area contributed by atoms with Crippen LogP contribution in [0.3, 0.4) is 0 Å². The number of rotatable bonds is 5. The van der Waals surface area contributed by atoms with Gasteiger partial charge in [0.1, 0.15) is 11.5 Å². The molecule has 0 amide bonds. The summed E-state index contributed by atoms with van der Waals surface area (Å²) in [7, 11) is 1.15. The lowest BCUT2D eigenvalue weighted by atomic mass is 10.1. The predicted molar refractivity (Wildman–Crippen MR) is 60.0 cm³/mol. The minimum Gasteiger partial charge on any atom is -0.493 e. The summed E-state index contributed by atoms with van der Waals surface area (Å²) in [6.07, 6.45) is -5.20. The number of ether oxygens (including phenoxy) is 3. The van der Waals surface area contributed by atoms with Crippen molar-refractivity contribution in [3.05, 3.63) is 23.8 Å². The van der Waals surface area contributed by atoms with Crippen LogP contribution in [0, 0.1) is 0 Å². The highest BCUT2D eigenvalue weighted by molar-refractivity contribution is 5.74. The third-order valence-electron chi connectivity index (χ3n) is 2.16. The molecule has 0 heterocycles. The van der Waals surface area contributed by atoms with Gasteiger partial charge < -0.3 is 14.2 Å². The Balaban J connectivity index is 3.13. The fourth-order valence-electron chi connectivity index (χ4n) is 1.45. The maximum atomic E-state index is 12.3. The molecule has 0 spiro atoms. The average Bonchev–Trinajstić information content (AvgIpc) is 2.31. The van der Waals surface area contributed by atoms with Gasteiger partial charge in [-0.15, -0.1) is 13.2 Å². The van der Waals surface area contributed by atoms with Gasteiger partial charge in [-0.1, -0.05) is 6.07 Å². The van der Waals surface area contributed by atoms with Crippen LogP contribution in [0.25, 0.3) is 0 Å². The molecule has 7 heteroatoms. The maximum Gasteiger partial charge on any atom is 0.573 e. The molecule has 1 rings (SSSR count). The summed E-state index contributed by atoms with van der Waals surface area (Å²) in [5.74, 6) is -0.988. The fourth-order valence-corrected chi connectivity index (χ4v) is 1.45. The number of carbonyl (C=O) groups excluding carboxylic acids is 1. The van der Waals surface area contributed by atoms with E-state index in [1.54, 1.807) is 6.92 Å². The number of carbonyl (C=O) groups is 1. The van der Waals surface area contributed by atoms with Gasteiger partial charge in [-0.25, -0.2) is 0 Å². The first-order valence-electron chi connectivity index (χ1n) is 5.44. The summed E-state index contributed by atoms with van der Waals surface area (Å²) in [6.45, 7) is 1.93. The molecule has 0 aliphatic rings. The first kappa shape index (κ1) is 15.1. The van der Waals surface area contributed by atoms with Gasteiger partial charge in [0.2, 0.25) is 0 Å². The zero-order valence-electron chi connectivity index (χ0n) is 10.4. The van der Waals surface area contributed by atoms with E-state index in [2.05, 4.69) is 9.47 Å². The van der Waals surface area contributed by atoms with Crippen LogP contribution in [0.1, 0.15) is 12.5 Å². The second-order valence-electron chi connectivity index (χ2n) is 3.47. The van der Waals surface area contributed by atoms with Crippen LogP contribution < -0.4 is 9.47 Å². The van der Waals surface area contributed by atoms with Crippen LogP contribution in [0.2, 0.25) is 0 Å². The van der Waals surface area contributed by atoms with E-state index in [0.717, 1.165) is 13.2 Å². The van der Waals surface area contributed by atoms with Gasteiger partial charge in [0.05, 0.1) is 20.1 Å². The molecule has 0 atom stereocenters. The van der Waals surface area contributed by atoms with Gasteiger partial charge in [0.25, 0.3) is 0 Å². The van der Waals surface area contributed by atoms with Crippen LogP contribution in [-0.2, 0) is 16.0 Å². The Morgan fingerprint density at radius 2 is 1.89 bits per heavy atom. The molecule has 0 aliphatic heterocycles. The van der Waals surface area contributed by atoms with E-state index in [1.165, 1.54) is 12.1 Å². The monoisotopic (exact) mass is 278 g/mol. The summed E-state index contributed by atoms with van der Waals surface area (Å²) >= 11 is 0. The third kappa shape index (κ3) is 4.69. The molecule has 0 fully saturated rings. The molecule has 4 nitrogen and oxygen atoms in total. The van der Waals surface area contributed by atoms with E-state index in [4.69, 9.17) is 4.74 Å². The normalized spacial score (nSPS) is 11.0. The molecule has 0 saturated carbocycles. The summed E-state index contributed by atoms with van der Waals surface area (Å²) in [6, 6.07) is 3.94. The quantitative estimate of drug-likeness (QED) is 0.777. The second-order valence-corrected chi connectivity index (χ2v) is 3.47. The second kappa shape index (κ2) is 6.31. The van der Waals surface area contributed by atoms with E-state index in [-0.39, 0.29) is 24.3 Å². The van der Waals surface area contributed by atoms with Gasteiger partial charge in [-0.3, -0.25) is 4.79 Å². The summed E-state index contributed by atoms with van der Waals surface area (Å²) in [5, 5.41) is 0. The number of hydrogen-bond acceptors (Lipinski definition) is 4. The van der Waals surface area contributed by atoms with Crippen molar-refractivity contribution in [2.24, 2.45) is 0 Å². The molecule has 0 aliphatic carbocycles. The molecule has 0 bridgehead atoms. The molecular formula is C12H13F3O4. The maximum absolute atomic E-state index is 12.3. The third-order valence-corrected chi connectivity index (χ3v) is 2.16. The van der Waals surface area contributed by atoms with Crippen molar-refractivity contribution >= 4 is 5.97 Å². The minimum atomic E-state index is -4.84. The number of esters is 1. The van der Waals surface area contributed by atoms with Crippen molar-refractivity contribution in [3.63, 3.8) is 0 Å². The minimum absolute atomic E-state index is 0.00789. The molecule has 0 saturated heterocycles. The largest absolute Gasteiger partial charge is 0.573 e. The molecule has 1 aromatic rings. The van der Waals surface area contributed by atoms with Crippen LogP contribution in [0.4, 0.5) is 13.2 Å². The molecular weight excluding hydrogens is 265 g/mol. The lowest BCUT2D eigenvalue weighted by Gasteiger charge is -2.16. The number of alkyl halides is 3. The van der Waals surface area contributed by atoms with Crippen molar-refractivity contribution in [1.82, 2.24) is 0 Å². The van der Waals surface area contributed by atoms with E-state index in [1.807, 2.05) is 0 Å². The first-order valence-corrected chi connectivity index (χ1v) is 5.44. The van der Waals surface area contributed by atoms with E-state index >= 15 is 0 Å². The number of methoxy groups -OCH3 is 1. The van der Waals surface area contributed by atoms with Crippen molar-refractivity contribution in [1.29, 1.82) is 0 Å². The Morgan fingerprint density at radius 3 is 2.42 bits per heavy atom. The van der Waals surface area contributed by atoms with Gasteiger partial charge >= 0.3 is 12.3 Å². The molecule has 0 unspecified atom stereocenters. The zero-order valence-corrected chi connectivity index (χ0v) is 10.4. The van der Waals surface area contributed by atoms with Crippen molar-refractivity contribution in [3.8, 4) is 11.5 Å². The van der Waals surface area contributed by atoms with Crippen LogP contribution in [0.15, 0.2) is 18.2 Å². The Morgan fingerprint density at radius 1 is 1.26 bits per heavy atom. The standard InChI is InChI=1S/C12H13F3O4/c1-3-18-9-5-4-6-10(19-12(13,14)15)8(9)7-11(16)17-2/h4-6H,3,7H2,1-2H3. The van der Waals surface area contributed by atoms with Crippen molar-refractivity contribution in [2.45, 2.75) is 19.7 Å². The first-order chi connectivity index (χ1) is 8.87. The number of halogens is 3. The Hall–Kier alpha value is -1.92. The zero-order chi connectivity index (χ0) is 14.5. The van der Waals surface area contributed by atoms with Crippen LogP contribution in [-0.4, -0.2) is 26.0 Å². The number of benzene rings is 1. The lowest BCUT2D eigenvalue weighted by Crippen LogP contribution is -2.19. The summed E-state index contributed by atoms with van der Waals surface area (Å²) < 4.78 is 50.3. The molecule has 106 valence electrons. The van der Waals surface area contributed by atoms with E-state index in [9.17, 15) is 18.0 Å². The lowest BCUT2D eigenvalue weighted by molar-refractivity contribution is -0.275. The van der Waals surface area contributed by atoms with Gasteiger partial charge in [-0.2, -0.15) is 0 Å². The summed E-state index contributed by atoms with van der Waals surface area (Å²) in [5.41, 5.74) is 0.00789. The smallest absolute Gasteiger partial charge is 0.493 e. The SMILES string of the molecule is CCOc1cccc(OC(F)(F)F)c1CC(=O)OC. The van der Waals surface area contributed by atoms with Gasteiger partial charge in [0, 0.05) is 5.56 Å². The van der Waals surface area contributed by atoms with Gasteiger partial charge in [-0.05, 0) is 19.1 Å². The van der Waals surface area contributed by atoms with E-state index in [0.29, 0.717) is 0 Å². The van der Waals surface area contributed by atoms with Crippen molar-refractivity contribution < 1.29 is 32.2 Å². The topological polar surface area (TPSA) is 44.8 Å².